The second kappa shape index (κ2) is 13.5. The zero-order chi connectivity index (χ0) is 32.8. The van der Waals surface area contributed by atoms with Crippen molar-refractivity contribution in [3.8, 4) is 5.75 Å². The van der Waals surface area contributed by atoms with Crippen LogP contribution in [0.25, 0.3) is 10.4 Å². The number of rotatable bonds is 11. The first-order chi connectivity index (χ1) is 21.3. The predicted octanol–water partition coefficient (Wildman–Crippen LogP) is 6.89. The van der Waals surface area contributed by atoms with Crippen molar-refractivity contribution in [2.75, 3.05) is 13.2 Å². The number of aliphatic hydroxyl groups is 1. The normalized spacial score (nSPS) is 18.0. The average Bonchev–Trinajstić information content (AvgIpc) is 3.33. The monoisotopic (exact) mass is 635 g/mol. The van der Waals surface area contributed by atoms with Gasteiger partial charge in [0.2, 0.25) is 5.90 Å². The van der Waals surface area contributed by atoms with Gasteiger partial charge in [-0.05, 0) is 66.0 Å². The van der Waals surface area contributed by atoms with Gasteiger partial charge in [-0.2, -0.15) is 26.3 Å². The average molecular weight is 636 g/mol. The van der Waals surface area contributed by atoms with Crippen LogP contribution in [0.15, 0.2) is 76.8 Å². The first kappa shape index (κ1) is 33.1. The summed E-state index contributed by atoms with van der Waals surface area (Å²) >= 11 is 0. The lowest BCUT2D eigenvalue weighted by molar-refractivity contribution is -0.143. The SMILES string of the molecule is C[C@H]1OC(c2ccc(OCCCO)cc2)=N[C@@]1(Cc1ccccc1N=[N+]=[N-])C(=O)NCc1cc(C(F)(F)F)cc(C(F)(F)F)c1. The number of aliphatic imine (C=N–C) groups is 1. The molecular formula is C30H27F6N5O4. The van der Waals surface area contributed by atoms with Crippen molar-refractivity contribution in [2.45, 2.75) is 50.3 Å². The Morgan fingerprint density at radius 2 is 1.71 bits per heavy atom. The summed E-state index contributed by atoms with van der Waals surface area (Å²) in [6, 6.07) is 14.0. The van der Waals surface area contributed by atoms with Crippen LogP contribution in [0.1, 0.15) is 41.2 Å². The van der Waals surface area contributed by atoms with Gasteiger partial charge in [0.25, 0.3) is 5.91 Å². The predicted molar refractivity (Wildman–Crippen MR) is 151 cm³/mol. The Labute approximate surface area is 253 Å². The molecule has 0 radical (unpaired) electrons. The Morgan fingerprint density at radius 3 is 2.31 bits per heavy atom. The Morgan fingerprint density at radius 1 is 1.07 bits per heavy atom. The summed E-state index contributed by atoms with van der Waals surface area (Å²) in [6.45, 7) is 1.12. The molecule has 0 aliphatic carbocycles. The number of nitrogens with zero attached hydrogens (tertiary/aromatic N) is 4. The Bertz CT molecular complexity index is 1570. The lowest BCUT2D eigenvalue weighted by Crippen LogP contribution is -2.52. The standard InChI is InChI=1S/C30H27F6N5O4/c1-18-28(16-21-5-2-3-6-25(21)40-41-37,39-26(45-18)20-7-9-24(10-8-20)44-12-4-11-42)27(43)38-17-19-13-22(29(31,32)33)15-23(14-19)30(34,35)36/h2-3,5-10,13-15,18,42H,4,11-12,16-17H2,1H3,(H,38,43)/t18-,28-/m1/s1. The van der Waals surface area contributed by atoms with Gasteiger partial charge in [0, 0.05) is 42.2 Å². The zero-order valence-electron chi connectivity index (χ0n) is 23.7. The van der Waals surface area contributed by atoms with Crippen LogP contribution in [0, 0.1) is 0 Å². The highest BCUT2D eigenvalue weighted by atomic mass is 19.4. The fourth-order valence-electron chi connectivity index (χ4n) is 4.70. The summed E-state index contributed by atoms with van der Waals surface area (Å²) in [6.07, 6.45) is -10.8. The lowest BCUT2D eigenvalue weighted by atomic mass is 9.85. The minimum Gasteiger partial charge on any atom is -0.494 e. The minimum atomic E-state index is -5.06. The van der Waals surface area contributed by atoms with E-state index in [1.165, 1.54) is 6.07 Å². The summed E-state index contributed by atoms with van der Waals surface area (Å²) in [7, 11) is 0. The molecule has 0 aromatic heterocycles. The largest absolute Gasteiger partial charge is 0.494 e. The van der Waals surface area contributed by atoms with Crippen molar-refractivity contribution in [2.24, 2.45) is 10.1 Å². The molecule has 0 unspecified atom stereocenters. The van der Waals surface area contributed by atoms with E-state index in [0.29, 0.717) is 35.4 Å². The van der Waals surface area contributed by atoms with Crippen LogP contribution in [0.4, 0.5) is 32.0 Å². The number of aliphatic hydroxyl groups excluding tert-OH is 1. The van der Waals surface area contributed by atoms with E-state index in [4.69, 9.17) is 20.1 Å². The van der Waals surface area contributed by atoms with Crippen molar-refractivity contribution in [1.82, 2.24) is 5.32 Å². The Hall–Kier alpha value is -4.75. The first-order valence-corrected chi connectivity index (χ1v) is 13.6. The molecule has 238 valence electrons. The molecule has 3 aromatic carbocycles. The molecule has 1 aliphatic rings. The van der Waals surface area contributed by atoms with E-state index in [2.05, 4.69) is 20.3 Å². The summed E-state index contributed by atoms with van der Waals surface area (Å²) in [5.41, 5.74) is 4.86. The number of hydrogen-bond acceptors (Lipinski definition) is 6. The number of hydrogen-bond donors (Lipinski definition) is 2. The zero-order valence-corrected chi connectivity index (χ0v) is 23.7. The number of benzene rings is 3. The molecule has 9 nitrogen and oxygen atoms in total. The Balaban J connectivity index is 1.70. The number of amides is 1. The maximum Gasteiger partial charge on any atom is 0.416 e. The summed E-state index contributed by atoms with van der Waals surface area (Å²) in [5.74, 6) is -0.277. The third-order valence-electron chi connectivity index (χ3n) is 7.03. The van der Waals surface area contributed by atoms with Crippen molar-refractivity contribution in [3.05, 3.63) is 105 Å². The van der Waals surface area contributed by atoms with E-state index < -0.39 is 53.1 Å². The summed E-state index contributed by atoms with van der Waals surface area (Å²) in [5, 5.41) is 15.0. The molecule has 3 aromatic rings. The van der Waals surface area contributed by atoms with Crippen LogP contribution in [0.2, 0.25) is 0 Å². The molecule has 2 atom stereocenters. The van der Waals surface area contributed by atoms with Crippen molar-refractivity contribution in [3.63, 3.8) is 0 Å². The fraction of sp³-hybridized carbons (Fsp3) is 0.333. The quantitative estimate of drug-likeness (QED) is 0.0782. The van der Waals surface area contributed by atoms with E-state index in [1.807, 2.05) is 0 Å². The second-order valence-corrected chi connectivity index (χ2v) is 10.1. The van der Waals surface area contributed by atoms with Crippen LogP contribution >= 0.6 is 0 Å². The molecule has 1 aliphatic heterocycles. The van der Waals surface area contributed by atoms with Crippen molar-refractivity contribution in [1.29, 1.82) is 0 Å². The van der Waals surface area contributed by atoms with Crippen LogP contribution in [-0.4, -0.2) is 41.8 Å². The molecular weight excluding hydrogens is 608 g/mol. The molecule has 1 amide bonds. The first-order valence-electron chi connectivity index (χ1n) is 13.6. The van der Waals surface area contributed by atoms with Crippen molar-refractivity contribution < 1.29 is 45.7 Å². The van der Waals surface area contributed by atoms with E-state index >= 15 is 0 Å². The van der Waals surface area contributed by atoms with Crippen LogP contribution in [-0.2, 0) is 34.8 Å². The van der Waals surface area contributed by atoms with Gasteiger partial charge < -0.3 is 19.9 Å². The van der Waals surface area contributed by atoms with Gasteiger partial charge in [-0.15, -0.1) is 0 Å². The highest BCUT2D eigenvalue weighted by molar-refractivity contribution is 6.01. The van der Waals surface area contributed by atoms with Gasteiger partial charge >= 0.3 is 12.4 Å². The van der Waals surface area contributed by atoms with Gasteiger partial charge in [-0.3, -0.25) is 4.79 Å². The highest BCUT2D eigenvalue weighted by Crippen LogP contribution is 2.38. The van der Waals surface area contributed by atoms with E-state index in [1.54, 1.807) is 49.4 Å². The number of carbonyl (C=O) groups is 1. The fourth-order valence-corrected chi connectivity index (χ4v) is 4.70. The van der Waals surface area contributed by atoms with E-state index in [9.17, 15) is 31.1 Å². The molecule has 0 fully saturated rings. The number of halogens is 6. The van der Waals surface area contributed by atoms with Crippen LogP contribution in [0.5, 0.6) is 5.75 Å². The van der Waals surface area contributed by atoms with E-state index in [0.717, 1.165) is 0 Å². The number of alkyl halides is 6. The molecule has 0 bridgehead atoms. The van der Waals surface area contributed by atoms with Gasteiger partial charge in [0.15, 0.2) is 5.54 Å². The van der Waals surface area contributed by atoms with Gasteiger partial charge in [0.05, 0.1) is 17.7 Å². The highest BCUT2D eigenvalue weighted by Gasteiger charge is 2.50. The molecule has 1 heterocycles. The minimum absolute atomic E-state index is 0.00582. The maximum atomic E-state index is 13.9. The topological polar surface area (TPSA) is 129 Å². The number of carbonyl (C=O) groups excluding carboxylic acids is 1. The number of nitrogens with one attached hydrogen (secondary N) is 1. The van der Waals surface area contributed by atoms with Gasteiger partial charge in [0.1, 0.15) is 11.9 Å². The number of ether oxygens (including phenoxy) is 2. The smallest absolute Gasteiger partial charge is 0.416 e. The van der Waals surface area contributed by atoms with Gasteiger partial charge in [-0.25, -0.2) is 4.99 Å². The molecule has 4 rings (SSSR count). The second-order valence-electron chi connectivity index (χ2n) is 10.1. The molecule has 45 heavy (non-hydrogen) atoms. The number of azide groups is 1. The summed E-state index contributed by atoms with van der Waals surface area (Å²) in [4.78, 5) is 21.3. The molecule has 0 saturated heterocycles. The third kappa shape index (κ3) is 7.86. The molecule has 0 spiro atoms. The van der Waals surface area contributed by atoms with Crippen LogP contribution < -0.4 is 10.1 Å². The van der Waals surface area contributed by atoms with Crippen LogP contribution in [0.3, 0.4) is 0 Å². The molecule has 2 N–H and O–H groups in total. The molecule has 0 saturated carbocycles. The maximum absolute atomic E-state index is 13.9. The van der Waals surface area contributed by atoms with Crippen molar-refractivity contribution >= 4 is 17.5 Å². The molecule has 15 heteroatoms. The van der Waals surface area contributed by atoms with Gasteiger partial charge in [-0.1, -0.05) is 29.4 Å². The Kier molecular flexibility index (Phi) is 9.94. The lowest BCUT2D eigenvalue weighted by Gasteiger charge is -2.29. The third-order valence-corrected chi connectivity index (χ3v) is 7.03. The summed E-state index contributed by atoms with van der Waals surface area (Å²) < 4.78 is 91.9. The van der Waals surface area contributed by atoms with E-state index in [-0.39, 0.29) is 37.3 Å².